The Morgan fingerprint density at radius 1 is 1.21 bits per heavy atom. The van der Waals surface area contributed by atoms with Gasteiger partial charge in [0.05, 0.1) is 5.92 Å². The first-order valence-electron chi connectivity index (χ1n) is 5.25. The second kappa shape index (κ2) is 4.75. The van der Waals surface area contributed by atoms with Crippen molar-refractivity contribution in [2.75, 3.05) is 33.2 Å². The average Bonchev–Trinajstić information content (AvgIpc) is 2.16. The van der Waals surface area contributed by atoms with Crippen molar-refractivity contribution >= 4 is 5.91 Å². The number of hydrogen-bond acceptors (Lipinski definition) is 3. The van der Waals surface area contributed by atoms with Gasteiger partial charge in [0.25, 0.3) is 0 Å². The van der Waals surface area contributed by atoms with Crippen molar-refractivity contribution in [3.05, 3.63) is 0 Å². The molecule has 1 aliphatic rings. The smallest absolute Gasteiger partial charge is 0.227 e. The first kappa shape index (κ1) is 11.5. The van der Waals surface area contributed by atoms with E-state index in [4.69, 9.17) is 5.73 Å². The molecule has 0 spiro atoms. The summed E-state index contributed by atoms with van der Waals surface area (Å²) in [6.07, 6.45) is 0. The Hall–Kier alpha value is -0.610. The summed E-state index contributed by atoms with van der Waals surface area (Å²) in [4.78, 5) is 16.0. The molecule has 0 aliphatic carbocycles. The maximum Gasteiger partial charge on any atom is 0.227 e. The van der Waals surface area contributed by atoms with Crippen LogP contribution in [0, 0.1) is 5.92 Å². The van der Waals surface area contributed by atoms with Crippen LogP contribution < -0.4 is 5.73 Å². The van der Waals surface area contributed by atoms with E-state index in [1.54, 1.807) is 0 Å². The number of carbonyl (C=O) groups is 1. The van der Waals surface area contributed by atoms with E-state index in [0.717, 1.165) is 26.2 Å². The van der Waals surface area contributed by atoms with Crippen molar-refractivity contribution < 1.29 is 4.79 Å². The van der Waals surface area contributed by atoms with E-state index in [1.807, 2.05) is 18.7 Å². The average molecular weight is 199 g/mol. The van der Waals surface area contributed by atoms with E-state index in [2.05, 4.69) is 11.9 Å². The van der Waals surface area contributed by atoms with E-state index in [-0.39, 0.29) is 17.9 Å². The van der Waals surface area contributed by atoms with Gasteiger partial charge < -0.3 is 15.5 Å². The zero-order chi connectivity index (χ0) is 10.7. The minimum atomic E-state index is -0.0570. The van der Waals surface area contributed by atoms with Crippen molar-refractivity contribution in [2.45, 2.75) is 19.9 Å². The normalized spacial score (nSPS) is 23.3. The lowest BCUT2D eigenvalue weighted by Gasteiger charge is -2.34. The van der Waals surface area contributed by atoms with Gasteiger partial charge in [-0.15, -0.1) is 0 Å². The van der Waals surface area contributed by atoms with Crippen LogP contribution >= 0.6 is 0 Å². The predicted molar refractivity (Wildman–Crippen MR) is 56.9 cm³/mol. The van der Waals surface area contributed by atoms with Crippen LogP contribution in [-0.2, 0) is 4.79 Å². The Bertz CT molecular complexity index is 198. The molecule has 1 fully saturated rings. The van der Waals surface area contributed by atoms with Gasteiger partial charge in [0, 0.05) is 32.2 Å². The fourth-order valence-electron chi connectivity index (χ4n) is 1.54. The van der Waals surface area contributed by atoms with Crippen LogP contribution in [0.5, 0.6) is 0 Å². The van der Waals surface area contributed by atoms with Crippen LogP contribution in [0.4, 0.5) is 0 Å². The third kappa shape index (κ3) is 2.69. The predicted octanol–water partition coefficient (Wildman–Crippen LogP) is -0.256. The van der Waals surface area contributed by atoms with Crippen molar-refractivity contribution in [1.82, 2.24) is 9.80 Å². The lowest BCUT2D eigenvalue weighted by Crippen LogP contribution is -2.50. The maximum absolute atomic E-state index is 11.9. The van der Waals surface area contributed by atoms with E-state index in [0.29, 0.717) is 0 Å². The molecular weight excluding hydrogens is 178 g/mol. The third-order valence-electron chi connectivity index (χ3n) is 2.99. The van der Waals surface area contributed by atoms with Gasteiger partial charge in [-0.3, -0.25) is 4.79 Å². The van der Waals surface area contributed by atoms with Gasteiger partial charge in [-0.1, -0.05) is 6.92 Å². The van der Waals surface area contributed by atoms with Gasteiger partial charge in [0.1, 0.15) is 0 Å². The van der Waals surface area contributed by atoms with Crippen LogP contribution in [0.3, 0.4) is 0 Å². The number of likely N-dealkylation sites (N-methyl/N-ethyl adjacent to an activating group) is 1. The van der Waals surface area contributed by atoms with Crippen LogP contribution in [0.25, 0.3) is 0 Å². The minimum absolute atomic E-state index is 0.0536. The van der Waals surface area contributed by atoms with Crippen LogP contribution in [0.1, 0.15) is 13.8 Å². The summed E-state index contributed by atoms with van der Waals surface area (Å²) >= 11 is 0. The highest BCUT2D eigenvalue weighted by Crippen LogP contribution is 2.08. The summed E-state index contributed by atoms with van der Waals surface area (Å²) in [6, 6.07) is -0.0536. The molecule has 4 heteroatoms. The highest BCUT2D eigenvalue weighted by Gasteiger charge is 2.25. The second-order valence-corrected chi connectivity index (χ2v) is 4.28. The highest BCUT2D eigenvalue weighted by molar-refractivity contribution is 5.79. The number of carbonyl (C=O) groups excluding carboxylic acids is 1. The van der Waals surface area contributed by atoms with Crippen LogP contribution in [0.2, 0.25) is 0 Å². The van der Waals surface area contributed by atoms with Crippen molar-refractivity contribution in [2.24, 2.45) is 11.7 Å². The van der Waals surface area contributed by atoms with E-state index in [9.17, 15) is 4.79 Å². The summed E-state index contributed by atoms with van der Waals surface area (Å²) < 4.78 is 0. The molecule has 0 aromatic rings. The summed E-state index contributed by atoms with van der Waals surface area (Å²) in [5, 5.41) is 0. The zero-order valence-corrected chi connectivity index (χ0v) is 9.36. The van der Waals surface area contributed by atoms with Crippen molar-refractivity contribution in [3.63, 3.8) is 0 Å². The molecule has 2 N–H and O–H groups in total. The van der Waals surface area contributed by atoms with E-state index in [1.165, 1.54) is 0 Å². The quantitative estimate of drug-likeness (QED) is 0.667. The molecule has 82 valence electrons. The molecule has 1 rings (SSSR count). The Morgan fingerprint density at radius 3 is 2.14 bits per heavy atom. The molecule has 0 radical (unpaired) electrons. The van der Waals surface area contributed by atoms with Crippen molar-refractivity contribution in [1.29, 1.82) is 0 Å². The SMILES string of the molecule is CC(N)C(C)C(=O)N1CCN(C)CC1. The van der Waals surface area contributed by atoms with Gasteiger partial charge in [0.15, 0.2) is 0 Å². The minimum Gasteiger partial charge on any atom is -0.340 e. The first-order valence-corrected chi connectivity index (χ1v) is 5.25. The molecule has 0 bridgehead atoms. The van der Waals surface area contributed by atoms with Crippen molar-refractivity contribution in [3.8, 4) is 0 Å². The number of nitrogens with two attached hydrogens (primary N) is 1. The Balaban J connectivity index is 2.45. The lowest BCUT2D eigenvalue weighted by atomic mass is 10.0. The van der Waals surface area contributed by atoms with E-state index >= 15 is 0 Å². The fourth-order valence-corrected chi connectivity index (χ4v) is 1.54. The number of hydrogen-bond donors (Lipinski definition) is 1. The molecular formula is C10H21N3O. The molecule has 1 amide bonds. The van der Waals surface area contributed by atoms with Gasteiger partial charge in [-0.05, 0) is 14.0 Å². The van der Waals surface area contributed by atoms with E-state index < -0.39 is 0 Å². The largest absolute Gasteiger partial charge is 0.340 e. The van der Waals surface area contributed by atoms with Gasteiger partial charge in [-0.25, -0.2) is 0 Å². The molecule has 0 aromatic carbocycles. The third-order valence-corrected chi connectivity index (χ3v) is 2.99. The molecule has 2 atom stereocenters. The fraction of sp³-hybridized carbons (Fsp3) is 0.900. The number of amides is 1. The topological polar surface area (TPSA) is 49.6 Å². The van der Waals surface area contributed by atoms with Crippen LogP contribution in [0.15, 0.2) is 0 Å². The number of piperazine rings is 1. The monoisotopic (exact) mass is 199 g/mol. The van der Waals surface area contributed by atoms with Gasteiger partial charge >= 0.3 is 0 Å². The highest BCUT2D eigenvalue weighted by atomic mass is 16.2. The van der Waals surface area contributed by atoms with Gasteiger partial charge in [-0.2, -0.15) is 0 Å². The molecule has 2 unspecified atom stereocenters. The summed E-state index contributed by atoms with van der Waals surface area (Å²) in [5.41, 5.74) is 5.71. The summed E-state index contributed by atoms with van der Waals surface area (Å²) in [7, 11) is 2.08. The molecule has 1 aliphatic heterocycles. The Labute approximate surface area is 86.0 Å². The standard InChI is InChI=1S/C10H21N3O/c1-8(9(2)11)10(14)13-6-4-12(3)5-7-13/h8-9H,4-7,11H2,1-3H3. The first-order chi connectivity index (χ1) is 6.52. The van der Waals surface area contributed by atoms with Gasteiger partial charge in [0.2, 0.25) is 5.91 Å². The molecule has 14 heavy (non-hydrogen) atoms. The molecule has 1 saturated heterocycles. The summed E-state index contributed by atoms with van der Waals surface area (Å²) in [6.45, 7) is 7.41. The second-order valence-electron chi connectivity index (χ2n) is 4.28. The molecule has 1 heterocycles. The zero-order valence-electron chi connectivity index (χ0n) is 9.36. The molecule has 0 saturated carbocycles. The molecule has 4 nitrogen and oxygen atoms in total. The Morgan fingerprint density at radius 2 is 1.71 bits per heavy atom. The summed E-state index contributed by atoms with van der Waals surface area (Å²) in [5.74, 6) is 0.145. The number of nitrogens with zero attached hydrogens (tertiary/aromatic N) is 2. The maximum atomic E-state index is 11.9. The number of rotatable bonds is 2. The lowest BCUT2D eigenvalue weighted by molar-refractivity contribution is -0.137. The molecule has 0 aromatic heterocycles. The van der Waals surface area contributed by atoms with Crippen LogP contribution in [-0.4, -0.2) is 55.0 Å². The Kier molecular flexibility index (Phi) is 3.89.